The van der Waals surface area contributed by atoms with Crippen molar-refractivity contribution in [2.45, 2.75) is 20.3 Å². The van der Waals surface area contributed by atoms with Crippen LogP contribution in [0.3, 0.4) is 0 Å². The van der Waals surface area contributed by atoms with E-state index < -0.39 is 24.5 Å². The molecular formula is C17H18N2O5S. The molecular weight excluding hydrogens is 344 g/mol. The lowest BCUT2D eigenvalue weighted by Gasteiger charge is -2.06. The van der Waals surface area contributed by atoms with E-state index in [0.717, 1.165) is 11.1 Å². The third kappa shape index (κ3) is 5.39. The molecule has 0 radical (unpaired) electrons. The highest BCUT2D eigenvalue weighted by Crippen LogP contribution is 2.16. The fraction of sp³-hybridized carbons (Fsp3) is 0.294. The quantitative estimate of drug-likeness (QED) is 0.792. The van der Waals surface area contributed by atoms with Crippen molar-refractivity contribution in [2.24, 2.45) is 0 Å². The highest BCUT2D eigenvalue weighted by atomic mass is 32.1. The molecule has 25 heavy (non-hydrogen) atoms. The summed E-state index contributed by atoms with van der Waals surface area (Å²) in [5, 5.41) is 4.49. The average molecular weight is 362 g/mol. The van der Waals surface area contributed by atoms with Crippen LogP contribution in [0.2, 0.25) is 0 Å². The molecule has 2 aromatic rings. The number of aromatic nitrogens is 1. The van der Waals surface area contributed by atoms with Gasteiger partial charge in [-0.25, -0.2) is 9.78 Å². The Balaban J connectivity index is 1.85. The third-order valence-electron chi connectivity index (χ3n) is 3.43. The van der Waals surface area contributed by atoms with E-state index in [9.17, 15) is 14.4 Å². The first-order valence-corrected chi connectivity index (χ1v) is 8.32. The van der Waals surface area contributed by atoms with Crippen molar-refractivity contribution < 1.29 is 23.9 Å². The first-order valence-electron chi connectivity index (χ1n) is 7.44. The van der Waals surface area contributed by atoms with Crippen molar-refractivity contribution in [1.82, 2.24) is 4.98 Å². The summed E-state index contributed by atoms with van der Waals surface area (Å²) in [6.45, 7) is 3.42. The lowest BCUT2D eigenvalue weighted by Crippen LogP contribution is -2.21. The zero-order valence-electron chi connectivity index (χ0n) is 14.1. The Morgan fingerprint density at radius 2 is 1.96 bits per heavy atom. The summed E-state index contributed by atoms with van der Waals surface area (Å²) >= 11 is 1.17. The number of hydrogen-bond acceptors (Lipinski definition) is 7. The maximum atomic E-state index is 12.0. The van der Waals surface area contributed by atoms with Crippen molar-refractivity contribution in [3.8, 4) is 0 Å². The van der Waals surface area contributed by atoms with Crippen LogP contribution in [-0.4, -0.2) is 36.5 Å². The second kappa shape index (κ2) is 8.39. The fourth-order valence-corrected chi connectivity index (χ4v) is 2.63. The van der Waals surface area contributed by atoms with E-state index in [4.69, 9.17) is 4.74 Å². The molecule has 1 aromatic heterocycles. The molecule has 1 N–H and O–H groups in total. The Kier molecular flexibility index (Phi) is 6.24. The fourth-order valence-electron chi connectivity index (χ4n) is 1.90. The topological polar surface area (TPSA) is 94.6 Å². The van der Waals surface area contributed by atoms with Crippen LogP contribution in [0, 0.1) is 13.8 Å². The number of ether oxygens (including phenoxy) is 2. The zero-order chi connectivity index (χ0) is 18.4. The second-order valence-corrected chi connectivity index (χ2v) is 6.18. The molecule has 0 fully saturated rings. The molecule has 0 atom stereocenters. The van der Waals surface area contributed by atoms with Gasteiger partial charge in [0.1, 0.15) is 0 Å². The summed E-state index contributed by atoms with van der Waals surface area (Å²) < 4.78 is 9.55. The van der Waals surface area contributed by atoms with E-state index in [1.165, 1.54) is 18.4 Å². The van der Waals surface area contributed by atoms with Crippen molar-refractivity contribution in [3.05, 3.63) is 46.0 Å². The third-order valence-corrected chi connectivity index (χ3v) is 4.23. The molecule has 0 aliphatic rings. The van der Waals surface area contributed by atoms with Gasteiger partial charge in [-0.1, -0.05) is 6.07 Å². The molecule has 1 aromatic carbocycles. The van der Waals surface area contributed by atoms with E-state index in [-0.39, 0.29) is 6.42 Å². The number of esters is 2. The van der Waals surface area contributed by atoms with E-state index in [0.29, 0.717) is 16.4 Å². The lowest BCUT2D eigenvalue weighted by atomic mass is 10.1. The number of hydrogen-bond donors (Lipinski definition) is 1. The average Bonchev–Trinajstić information content (AvgIpc) is 3.01. The number of carbonyl (C=O) groups excluding carboxylic acids is 3. The Morgan fingerprint density at radius 1 is 1.20 bits per heavy atom. The minimum absolute atomic E-state index is 0.0324. The number of anilines is 1. The van der Waals surface area contributed by atoms with Crippen LogP contribution in [0.4, 0.5) is 5.13 Å². The number of nitrogens with zero attached hydrogens (tertiary/aromatic N) is 1. The summed E-state index contributed by atoms with van der Waals surface area (Å²) in [7, 11) is 1.29. The number of thiazole rings is 1. The Labute approximate surface area is 149 Å². The second-order valence-electron chi connectivity index (χ2n) is 5.32. The molecule has 0 bridgehead atoms. The first kappa shape index (κ1) is 18.6. The zero-order valence-corrected chi connectivity index (χ0v) is 14.9. The Hall–Kier alpha value is -2.74. The number of carbonyl (C=O) groups is 3. The van der Waals surface area contributed by atoms with E-state index >= 15 is 0 Å². The van der Waals surface area contributed by atoms with E-state index in [2.05, 4.69) is 15.0 Å². The molecule has 1 amide bonds. The number of rotatable bonds is 6. The van der Waals surface area contributed by atoms with Crippen LogP contribution in [0.1, 0.15) is 27.2 Å². The first-order chi connectivity index (χ1) is 11.9. The highest BCUT2D eigenvalue weighted by molar-refractivity contribution is 7.13. The maximum absolute atomic E-state index is 12.0. The molecule has 7 nitrogen and oxygen atoms in total. The molecule has 0 aliphatic heterocycles. The van der Waals surface area contributed by atoms with Gasteiger partial charge < -0.3 is 9.47 Å². The van der Waals surface area contributed by atoms with Crippen molar-refractivity contribution in [1.29, 1.82) is 0 Å². The van der Waals surface area contributed by atoms with Crippen LogP contribution >= 0.6 is 11.3 Å². The summed E-state index contributed by atoms with van der Waals surface area (Å²) in [5.41, 5.74) is 2.94. The Morgan fingerprint density at radius 3 is 2.64 bits per heavy atom. The minimum Gasteiger partial charge on any atom is -0.469 e. The van der Waals surface area contributed by atoms with Gasteiger partial charge in [0.2, 0.25) is 0 Å². The van der Waals surface area contributed by atoms with E-state index in [1.807, 2.05) is 19.9 Å². The number of benzene rings is 1. The Bertz CT molecular complexity index is 800. The van der Waals surface area contributed by atoms with Crippen molar-refractivity contribution >= 4 is 34.3 Å². The lowest BCUT2D eigenvalue weighted by molar-refractivity contribution is -0.139. The number of amides is 1. The van der Waals surface area contributed by atoms with Crippen LogP contribution in [0.15, 0.2) is 23.6 Å². The normalized spacial score (nSPS) is 10.2. The SMILES string of the molecule is COC(=O)Cc1csc(NC(=O)COC(=O)c2ccc(C)c(C)c2)n1. The van der Waals surface area contributed by atoms with Gasteiger partial charge in [-0.3, -0.25) is 14.9 Å². The predicted octanol–water partition coefficient (Wildman–Crippen LogP) is 2.27. The molecule has 0 saturated heterocycles. The monoisotopic (exact) mass is 362 g/mol. The number of methoxy groups -OCH3 is 1. The largest absolute Gasteiger partial charge is 0.469 e. The van der Waals surface area contributed by atoms with Crippen molar-refractivity contribution in [3.63, 3.8) is 0 Å². The van der Waals surface area contributed by atoms with Crippen LogP contribution in [0.25, 0.3) is 0 Å². The molecule has 0 spiro atoms. The highest BCUT2D eigenvalue weighted by Gasteiger charge is 2.13. The van der Waals surface area contributed by atoms with E-state index in [1.54, 1.807) is 17.5 Å². The molecule has 132 valence electrons. The van der Waals surface area contributed by atoms with Gasteiger partial charge in [-0.15, -0.1) is 11.3 Å². The standard InChI is InChI=1S/C17H18N2O5S/c1-10-4-5-12(6-11(10)2)16(22)24-8-14(20)19-17-18-13(9-25-17)7-15(21)23-3/h4-6,9H,7-8H2,1-3H3,(H,18,19,20). The molecule has 2 rings (SSSR count). The molecule has 8 heteroatoms. The smallest absolute Gasteiger partial charge is 0.338 e. The van der Waals surface area contributed by atoms with Gasteiger partial charge in [-0.2, -0.15) is 0 Å². The predicted molar refractivity (Wildman–Crippen MR) is 92.7 cm³/mol. The number of nitrogens with one attached hydrogen (secondary N) is 1. The summed E-state index contributed by atoms with van der Waals surface area (Å²) in [4.78, 5) is 39.1. The molecule has 0 unspecified atom stereocenters. The van der Waals surface area contributed by atoms with Gasteiger partial charge in [0.05, 0.1) is 24.8 Å². The van der Waals surface area contributed by atoms with Gasteiger partial charge >= 0.3 is 11.9 Å². The van der Waals surface area contributed by atoms with Crippen LogP contribution in [0.5, 0.6) is 0 Å². The molecule has 0 saturated carbocycles. The summed E-state index contributed by atoms with van der Waals surface area (Å²) in [5.74, 6) is -1.48. The van der Waals surface area contributed by atoms with Crippen molar-refractivity contribution in [2.75, 3.05) is 19.0 Å². The maximum Gasteiger partial charge on any atom is 0.338 e. The van der Waals surface area contributed by atoms with Gasteiger partial charge in [0, 0.05) is 5.38 Å². The molecule has 1 heterocycles. The van der Waals surface area contributed by atoms with Gasteiger partial charge in [0.15, 0.2) is 11.7 Å². The summed E-state index contributed by atoms with van der Waals surface area (Å²) in [6, 6.07) is 5.20. The minimum atomic E-state index is -0.566. The van der Waals surface area contributed by atoms with Crippen LogP contribution < -0.4 is 5.32 Å². The van der Waals surface area contributed by atoms with Gasteiger partial charge in [0.25, 0.3) is 5.91 Å². The molecule has 0 aliphatic carbocycles. The summed E-state index contributed by atoms with van der Waals surface area (Å²) in [6.07, 6.45) is 0.0324. The van der Waals surface area contributed by atoms with Gasteiger partial charge in [-0.05, 0) is 37.1 Å². The van der Waals surface area contributed by atoms with Crippen LogP contribution in [-0.2, 0) is 25.5 Å². The number of aryl methyl sites for hydroxylation is 2.